The van der Waals surface area contributed by atoms with Crippen LogP contribution in [-0.2, 0) is 11.0 Å². The zero-order valence-corrected chi connectivity index (χ0v) is 15.0. The summed E-state index contributed by atoms with van der Waals surface area (Å²) in [5.41, 5.74) is -0.165. The number of benzene rings is 2. The number of hydrogen-bond acceptors (Lipinski definition) is 4. The van der Waals surface area contributed by atoms with Gasteiger partial charge in [-0.1, -0.05) is 42.1 Å². The van der Waals surface area contributed by atoms with Crippen molar-refractivity contribution in [1.82, 2.24) is 9.97 Å². The number of aromatic nitrogens is 2. The fraction of sp³-hybridized carbons (Fsp3) is 0.105. The molecule has 0 aliphatic heterocycles. The zero-order chi connectivity index (χ0) is 20.1. The summed E-state index contributed by atoms with van der Waals surface area (Å²) >= 11 is 0.794. The van der Waals surface area contributed by atoms with E-state index in [1.54, 1.807) is 30.3 Å². The summed E-state index contributed by atoms with van der Waals surface area (Å²) in [7, 11) is 0. The number of rotatable bonds is 5. The van der Waals surface area contributed by atoms with Crippen LogP contribution < -0.4 is 5.32 Å². The van der Waals surface area contributed by atoms with Crippen molar-refractivity contribution in [2.45, 2.75) is 16.6 Å². The molecule has 1 N–H and O–H groups in total. The highest BCUT2D eigenvalue weighted by molar-refractivity contribution is 8.00. The standard InChI is InChI=1S/C19H13F4N3OS/c20-13-6-8-14(9-7-13)25-17(27)16(12-4-2-1-3-5-12)28-18-24-11-10-15(26-18)19(21,22)23/h1-11,16H,(H,25,27). The fourth-order valence-corrected chi connectivity index (χ4v) is 3.25. The van der Waals surface area contributed by atoms with E-state index in [1.807, 2.05) is 0 Å². The Labute approximate surface area is 162 Å². The van der Waals surface area contributed by atoms with Gasteiger partial charge in [0, 0.05) is 11.9 Å². The third-order valence-corrected chi connectivity index (χ3v) is 4.73. The average molecular weight is 407 g/mol. The van der Waals surface area contributed by atoms with E-state index < -0.39 is 28.8 Å². The Morgan fingerprint density at radius 3 is 2.32 bits per heavy atom. The van der Waals surface area contributed by atoms with Crippen LogP contribution in [0.5, 0.6) is 0 Å². The fourth-order valence-electron chi connectivity index (χ4n) is 2.30. The number of carbonyl (C=O) groups is 1. The minimum Gasteiger partial charge on any atom is -0.325 e. The van der Waals surface area contributed by atoms with Crippen molar-refractivity contribution in [1.29, 1.82) is 0 Å². The van der Waals surface area contributed by atoms with E-state index in [1.165, 1.54) is 24.3 Å². The molecule has 1 amide bonds. The van der Waals surface area contributed by atoms with Crippen LogP contribution in [0.1, 0.15) is 16.5 Å². The summed E-state index contributed by atoms with van der Waals surface area (Å²) in [5, 5.41) is 1.54. The van der Waals surface area contributed by atoms with Gasteiger partial charge in [-0.2, -0.15) is 13.2 Å². The molecule has 1 unspecified atom stereocenters. The van der Waals surface area contributed by atoms with Crippen LogP contribution in [0, 0.1) is 5.82 Å². The Balaban J connectivity index is 1.88. The van der Waals surface area contributed by atoms with Gasteiger partial charge in [0.2, 0.25) is 5.91 Å². The van der Waals surface area contributed by atoms with Crippen LogP contribution in [0.2, 0.25) is 0 Å². The predicted octanol–water partition coefficient (Wildman–Crippen LogP) is 5.11. The molecule has 4 nitrogen and oxygen atoms in total. The smallest absolute Gasteiger partial charge is 0.325 e. The highest BCUT2D eigenvalue weighted by Gasteiger charge is 2.33. The van der Waals surface area contributed by atoms with E-state index >= 15 is 0 Å². The molecule has 0 radical (unpaired) electrons. The molecule has 3 rings (SSSR count). The third-order valence-electron chi connectivity index (χ3n) is 3.60. The molecule has 0 fully saturated rings. The Bertz CT molecular complexity index is 949. The van der Waals surface area contributed by atoms with E-state index in [0.717, 1.165) is 24.0 Å². The lowest BCUT2D eigenvalue weighted by atomic mass is 10.1. The molecule has 0 saturated carbocycles. The van der Waals surface area contributed by atoms with Crippen LogP contribution in [0.25, 0.3) is 0 Å². The lowest BCUT2D eigenvalue weighted by Crippen LogP contribution is -2.19. The molecule has 1 atom stereocenters. The van der Waals surface area contributed by atoms with Crippen molar-refractivity contribution >= 4 is 23.4 Å². The third kappa shape index (κ3) is 5.07. The molecule has 1 heterocycles. The summed E-state index contributed by atoms with van der Waals surface area (Å²) in [6.45, 7) is 0. The highest BCUT2D eigenvalue weighted by atomic mass is 32.2. The molecule has 9 heteroatoms. The van der Waals surface area contributed by atoms with Crippen molar-refractivity contribution in [3.8, 4) is 0 Å². The molecule has 3 aromatic rings. The van der Waals surface area contributed by atoms with Gasteiger partial charge < -0.3 is 5.32 Å². The van der Waals surface area contributed by atoms with Crippen molar-refractivity contribution in [2.24, 2.45) is 0 Å². The molecule has 0 aliphatic rings. The summed E-state index contributed by atoms with van der Waals surface area (Å²) in [6, 6.07) is 14.4. The van der Waals surface area contributed by atoms with Gasteiger partial charge in [-0.25, -0.2) is 14.4 Å². The lowest BCUT2D eigenvalue weighted by molar-refractivity contribution is -0.141. The Hall–Kier alpha value is -2.94. The first kappa shape index (κ1) is 19.8. The van der Waals surface area contributed by atoms with Gasteiger partial charge in [0.05, 0.1) is 0 Å². The number of nitrogens with zero attached hydrogens (tertiary/aromatic N) is 2. The molecular weight excluding hydrogens is 394 g/mol. The van der Waals surface area contributed by atoms with Gasteiger partial charge in [-0.05, 0) is 35.9 Å². The zero-order valence-electron chi connectivity index (χ0n) is 14.2. The van der Waals surface area contributed by atoms with Crippen LogP contribution in [0.3, 0.4) is 0 Å². The van der Waals surface area contributed by atoms with Gasteiger partial charge in [0.25, 0.3) is 0 Å². The maximum atomic E-state index is 13.0. The first-order chi connectivity index (χ1) is 13.3. The molecule has 2 aromatic carbocycles. The lowest BCUT2D eigenvalue weighted by Gasteiger charge is -2.16. The predicted molar refractivity (Wildman–Crippen MR) is 97.1 cm³/mol. The van der Waals surface area contributed by atoms with E-state index in [0.29, 0.717) is 11.3 Å². The molecule has 1 aromatic heterocycles. The number of amides is 1. The summed E-state index contributed by atoms with van der Waals surface area (Å²) in [5.74, 6) is -0.951. The second kappa shape index (κ2) is 8.39. The van der Waals surface area contributed by atoms with Gasteiger partial charge in [0.1, 0.15) is 16.8 Å². The monoisotopic (exact) mass is 407 g/mol. The van der Waals surface area contributed by atoms with Crippen LogP contribution in [0.15, 0.2) is 72.0 Å². The maximum Gasteiger partial charge on any atom is 0.433 e. The normalized spacial score (nSPS) is 12.4. The largest absolute Gasteiger partial charge is 0.433 e. The molecule has 0 spiro atoms. The van der Waals surface area contributed by atoms with Crippen molar-refractivity contribution in [2.75, 3.05) is 5.32 Å². The number of hydrogen-bond donors (Lipinski definition) is 1. The van der Waals surface area contributed by atoms with E-state index in [4.69, 9.17) is 0 Å². The minimum atomic E-state index is -4.61. The Kier molecular flexibility index (Phi) is 5.93. The first-order valence-corrected chi connectivity index (χ1v) is 8.89. The van der Waals surface area contributed by atoms with Gasteiger partial charge in [0.15, 0.2) is 5.16 Å². The quantitative estimate of drug-likeness (QED) is 0.363. The molecule has 0 aliphatic carbocycles. The Morgan fingerprint density at radius 2 is 1.68 bits per heavy atom. The SMILES string of the molecule is O=C(Nc1ccc(F)cc1)C(Sc1nccc(C(F)(F)F)n1)c1ccccc1. The number of thioether (sulfide) groups is 1. The van der Waals surface area contributed by atoms with Gasteiger partial charge >= 0.3 is 6.18 Å². The minimum absolute atomic E-state index is 0.182. The Morgan fingerprint density at radius 1 is 1.00 bits per heavy atom. The molecule has 0 bridgehead atoms. The number of anilines is 1. The second-order valence-electron chi connectivity index (χ2n) is 5.63. The number of carbonyl (C=O) groups excluding carboxylic acids is 1. The first-order valence-electron chi connectivity index (χ1n) is 8.01. The number of nitrogens with one attached hydrogen (secondary N) is 1. The van der Waals surface area contributed by atoms with Gasteiger partial charge in [-0.15, -0.1) is 0 Å². The van der Waals surface area contributed by atoms with Gasteiger partial charge in [-0.3, -0.25) is 4.79 Å². The van der Waals surface area contributed by atoms with E-state index in [9.17, 15) is 22.4 Å². The molecule has 28 heavy (non-hydrogen) atoms. The van der Waals surface area contributed by atoms with Crippen molar-refractivity contribution in [3.63, 3.8) is 0 Å². The van der Waals surface area contributed by atoms with Crippen molar-refractivity contribution in [3.05, 3.63) is 83.9 Å². The van der Waals surface area contributed by atoms with E-state index in [2.05, 4.69) is 15.3 Å². The van der Waals surface area contributed by atoms with Crippen molar-refractivity contribution < 1.29 is 22.4 Å². The summed E-state index contributed by atoms with van der Waals surface area (Å²) in [4.78, 5) is 20.1. The summed E-state index contributed by atoms with van der Waals surface area (Å²) in [6.07, 6.45) is -3.62. The highest BCUT2D eigenvalue weighted by Crippen LogP contribution is 2.36. The van der Waals surface area contributed by atoms with Crippen LogP contribution in [0.4, 0.5) is 23.2 Å². The van der Waals surface area contributed by atoms with Crippen LogP contribution in [-0.4, -0.2) is 15.9 Å². The number of halogens is 4. The van der Waals surface area contributed by atoms with E-state index in [-0.39, 0.29) is 5.16 Å². The van der Waals surface area contributed by atoms with Crippen LogP contribution >= 0.6 is 11.8 Å². The molecule has 0 saturated heterocycles. The summed E-state index contributed by atoms with van der Waals surface area (Å²) < 4.78 is 51.7. The average Bonchev–Trinajstić information content (AvgIpc) is 2.68. The number of alkyl halides is 3. The maximum absolute atomic E-state index is 13.0. The molecular formula is C19H13F4N3OS. The topological polar surface area (TPSA) is 54.9 Å². The molecule has 144 valence electrons. The second-order valence-corrected chi connectivity index (χ2v) is 6.70.